The van der Waals surface area contributed by atoms with Gasteiger partial charge in [-0.3, -0.25) is 0 Å². The maximum atomic E-state index is 6.86. The highest BCUT2D eigenvalue weighted by atomic mass is 16.3. The van der Waals surface area contributed by atoms with Crippen molar-refractivity contribution in [1.82, 2.24) is 0 Å². The van der Waals surface area contributed by atoms with E-state index in [1.807, 2.05) is 24.3 Å². The molecule has 12 aromatic rings. The van der Waals surface area contributed by atoms with Crippen LogP contribution in [0.25, 0.3) is 121 Å². The van der Waals surface area contributed by atoms with Crippen LogP contribution < -0.4 is 0 Å². The van der Waals surface area contributed by atoms with Crippen molar-refractivity contribution in [2.75, 3.05) is 0 Å². The number of fused-ring (bicyclic) bond motifs is 11. The summed E-state index contributed by atoms with van der Waals surface area (Å²) in [5.41, 5.74) is 11.8. The standard InChI is InChI=1S/C50H28O3/c1-3-17-33-31(15-1)45(32-16-2-4-18-34(32)46(33)41-23-12-21-36-30-14-6-9-25-43(30)52-49(36)41)40-28-27-38(50-47(40)39-19-7-10-26-44(39)53-50)37-22-11-20-35-29-13-5-8-24-42(29)51-48(35)37/h1-28H. The van der Waals surface area contributed by atoms with Crippen LogP contribution >= 0.6 is 0 Å². The highest BCUT2D eigenvalue weighted by molar-refractivity contribution is 6.28. The average molecular weight is 677 g/mol. The molecule has 246 valence electrons. The zero-order chi connectivity index (χ0) is 34.6. The summed E-state index contributed by atoms with van der Waals surface area (Å²) in [6.45, 7) is 0. The van der Waals surface area contributed by atoms with Crippen molar-refractivity contribution in [1.29, 1.82) is 0 Å². The molecule has 3 heterocycles. The van der Waals surface area contributed by atoms with E-state index in [1.54, 1.807) is 0 Å². The topological polar surface area (TPSA) is 39.4 Å². The minimum absolute atomic E-state index is 0.848. The van der Waals surface area contributed by atoms with E-state index in [0.29, 0.717) is 0 Å². The minimum Gasteiger partial charge on any atom is -0.455 e. The Labute approximate surface area is 302 Å². The average Bonchev–Trinajstić information content (AvgIpc) is 3.92. The first-order valence-corrected chi connectivity index (χ1v) is 18.0. The van der Waals surface area contributed by atoms with Crippen LogP contribution in [0.5, 0.6) is 0 Å². The fourth-order valence-electron chi connectivity index (χ4n) is 8.86. The van der Waals surface area contributed by atoms with Crippen molar-refractivity contribution in [2.24, 2.45) is 0 Å². The molecule has 0 radical (unpaired) electrons. The third kappa shape index (κ3) is 3.94. The smallest absolute Gasteiger partial charge is 0.144 e. The first-order valence-electron chi connectivity index (χ1n) is 18.0. The summed E-state index contributed by atoms with van der Waals surface area (Å²) < 4.78 is 20.0. The molecule has 53 heavy (non-hydrogen) atoms. The summed E-state index contributed by atoms with van der Waals surface area (Å²) in [5.74, 6) is 0. The van der Waals surface area contributed by atoms with E-state index in [9.17, 15) is 0 Å². The fourth-order valence-corrected chi connectivity index (χ4v) is 8.86. The zero-order valence-electron chi connectivity index (χ0n) is 28.4. The lowest BCUT2D eigenvalue weighted by Gasteiger charge is -2.19. The van der Waals surface area contributed by atoms with Gasteiger partial charge in [-0.1, -0.05) is 146 Å². The first kappa shape index (κ1) is 28.6. The third-order valence-corrected chi connectivity index (χ3v) is 11.1. The summed E-state index contributed by atoms with van der Waals surface area (Å²) in [6, 6.07) is 60.0. The maximum absolute atomic E-state index is 6.86. The van der Waals surface area contributed by atoms with Gasteiger partial charge < -0.3 is 13.3 Å². The molecule has 0 aliphatic rings. The van der Waals surface area contributed by atoms with Crippen LogP contribution in [-0.2, 0) is 0 Å². The molecule has 0 bridgehead atoms. The van der Waals surface area contributed by atoms with E-state index in [2.05, 4.69) is 146 Å². The number of benzene rings is 9. The first-order chi connectivity index (χ1) is 26.3. The molecular formula is C50H28O3. The molecule has 3 aromatic heterocycles. The molecule has 12 rings (SSSR count). The van der Waals surface area contributed by atoms with Crippen molar-refractivity contribution in [3.05, 3.63) is 170 Å². The number of para-hydroxylation sites is 5. The Bertz CT molecular complexity index is 3410. The van der Waals surface area contributed by atoms with Crippen LogP contribution in [0.15, 0.2) is 183 Å². The van der Waals surface area contributed by atoms with Crippen molar-refractivity contribution in [2.45, 2.75) is 0 Å². The predicted octanol–water partition coefficient (Wildman–Crippen LogP) is 14.7. The normalized spacial score (nSPS) is 12.2. The molecule has 0 N–H and O–H groups in total. The van der Waals surface area contributed by atoms with Crippen molar-refractivity contribution in [3.63, 3.8) is 0 Å². The van der Waals surface area contributed by atoms with Gasteiger partial charge in [0, 0.05) is 54.6 Å². The molecule has 9 aromatic carbocycles. The molecule has 0 spiro atoms. The van der Waals surface area contributed by atoms with Gasteiger partial charge in [-0.05, 0) is 56.9 Å². The lowest BCUT2D eigenvalue weighted by atomic mass is 9.84. The molecule has 0 aliphatic carbocycles. The summed E-state index contributed by atoms with van der Waals surface area (Å²) in [4.78, 5) is 0. The van der Waals surface area contributed by atoms with Gasteiger partial charge in [0.05, 0.1) is 0 Å². The second-order valence-electron chi connectivity index (χ2n) is 13.9. The van der Waals surface area contributed by atoms with Crippen LogP contribution in [0.4, 0.5) is 0 Å². The van der Waals surface area contributed by atoms with Gasteiger partial charge in [0.25, 0.3) is 0 Å². The van der Waals surface area contributed by atoms with Crippen LogP contribution in [0.1, 0.15) is 0 Å². The predicted molar refractivity (Wildman–Crippen MR) is 220 cm³/mol. The highest BCUT2D eigenvalue weighted by Gasteiger charge is 2.24. The summed E-state index contributed by atoms with van der Waals surface area (Å²) in [5, 5.41) is 11.3. The second-order valence-corrected chi connectivity index (χ2v) is 13.9. The third-order valence-electron chi connectivity index (χ3n) is 11.1. The van der Waals surface area contributed by atoms with E-state index in [0.717, 1.165) is 88.1 Å². The Hall–Kier alpha value is -7.10. The van der Waals surface area contributed by atoms with Gasteiger partial charge in [-0.25, -0.2) is 0 Å². The molecule has 0 aliphatic heterocycles. The Balaban J connectivity index is 1.20. The quantitative estimate of drug-likeness (QED) is 0.175. The number of hydrogen-bond donors (Lipinski definition) is 0. The van der Waals surface area contributed by atoms with Crippen LogP contribution in [0.3, 0.4) is 0 Å². The zero-order valence-corrected chi connectivity index (χ0v) is 28.4. The van der Waals surface area contributed by atoms with E-state index in [4.69, 9.17) is 13.3 Å². The van der Waals surface area contributed by atoms with Gasteiger partial charge in [0.2, 0.25) is 0 Å². The lowest BCUT2D eigenvalue weighted by Crippen LogP contribution is -1.92. The van der Waals surface area contributed by atoms with Crippen LogP contribution in [0.2, 0.25) is 0 Å². The molecule has 0 saturated carbocycles. The maximum Gasteiger partial charge on any atom is 0.144 e. The largest absolute Gasteiger partial charge is 0.455 e. The number of hydrogen-bond acceptors (Lipinski definition) is 3. The van der Waals surface area contributed by atoms with Crippen molar-refractivity contribution >= 4 is 87.4 Å². The summed E-state index contributed by atoms with van der Waals surface area (Å²) in [6.07, 6.45) is 0. The molecule has 0 unspecified atom stereocenters. The van der Waals surface area contributed by atoms with Crippen molar-refractivity contribution < 1.29 is 13.3 Å². The van der Waals surface area contributed by atoms with Gasteiger partial charge in [-0.2, -0.15) is 0 Å². The van der Waals surface area contributed by atoms with Gasteiger partial charge >= 0.3 is 0 Å². The van der Waals surface area contributed by atoms with Gasteiger partial charge in [0.15, 0.2) is 0 Å². The fraction of sp³-hybridized carbons (Fsp3) is 0. The van der Waals surface area contributed by atoms with Crippen molar-refractivity contribution in [3.8, 4) is 33.4 Å². The van der Waals surface area contributed by atoms with Crippen LogP contribution in [-0.4, -0.2) is 0 Å². The Morgan fingerprint density at radius 1 is 0.226 bits per heavy atom. The van der Waals surface area contributed by atoms with E-state index < -0.39 is 0 Å². The summed E-state index contributed by atoms with van der Waals surface area (Å²) in [7, 11) is 0. The summed E-state index contributed by atoms with van der Waals surface area (Å²) >= 11 is 0. The molecule has 0 atom stereocenters. The SMILES string of the molecule is c1ccc2c(c1)oc1c(-c3c4ccccc4c(-c4ccc(-c5cccc6c5oc5ccccc56)c5oc6ccccc6c45)c4ccccc34)cccc12. The van der Waals surface area contributed by atoms with E-state index in [-0.39, 0.29) is 0 Å². The Morgan fingerprint density at radius 2 is 0.585 bits per heavy atom. The van der Waals surface area contributed by atoms with E-state index >= 15 is 0 Å². The van der Waals surface area contributed by atoms with Gasteiger partial charge in [-0.15, -0.1) is 0 Å². The molecule has 3 heteroatoms. The molecule has 3 nitrogen and oxygen atoms in total. The Morgan fingerprint density at radius 3 is 1.15 bits per heavy atom. The molecular weight excluding hydrogens is 649 g/mol. The second kappa shape index (κ2) is 10.7. The highest BCUT2D eigenvalue weighted by Crippen LogP contribution is 2.50. The number of furan rings is 3. The van der Waals surface area contributed by atoms with E-state index in [1.165, 1.54) is 32.7 Å². The van der Waals surface area contributed by atoms with Gasteiger partial charge in [0.1, 0.15) is 33.5 Å². The lowest BCUT2D eigenvalue weighted by molar-refractivity contribution is 0.665. The Kier molecular flexibility index (Phi) is 5.77. The monoisotopic (exact) mass is 676 g/mol. The minimum atomic E-state index is 0.848. The number of rotatable bonds is 3. The molecule has 0 saturated heterocycles. The molecule has 0 amide bonds. The molecule has 0 fully saturated rings. The van der Waals surface area contributed by atoms with Crippen LogP contribution in [0, 0.1) is 0 Å².